The van der Waals surface area contributed by atoms with Crippen molar-refractivity contribution < 1.29 is 0 Å². The molecule has 1 aliphatic heterocycles. The lowest BCUT2D eigenvalue weighted by atomic mass is 9.95. The highest BCUT2D eigenvalue weighted by Gasteiger charge is 2.24. The molecule has 0 spiro atoms. The highest BCUT2D eigenvalue weighted by atomic mass is 15.3. The lowest BCUT2D eigenvalue weighted by Crippen LogP contribution is -2.20. The summed E-state index contributed by atoms with van der Waals surface area (Å²) in [6.45, 7) is 6.28. The molecule has 16 heavy (non-hydrogen) atoms. The van der Waals surface area contributed by atoms with Gasteiger partial charge in [0.05, 0.1) is 0 Å². The molecule has 2 N–H and O–H groups in total. The minimum absolute atomic E-state index is 0.534. The van der Waals surface area contributed by atoms with E-state index in [0.29, 0.717) is 11.8 Å². The van der Waals surface area contributed by atoms with Crippen molar-refractivity contribution in [2.24, 2.45) is 11.7 Å². The van der Waals surface area contributed by atoms with Crippen LogP contribution >= 0.6 is 0 Å². The summed E-state index contributed by atoms with van der Waals surface area (Å²) in [4.78, 5) is 0. The van der Waals surface area contributed by atoms with Crippen LogP contribution in [0.15, 0.2) is 0 Å². The average Bonchev–Trinajstić information content (AvgIpc) is 2.63. The van der Waals surface area contributed by atoms with E-state index >= 15 is 0 Å². The summed E-state index contributed by atoms with van der Waals surface area (Å²) >= 11 is 0. The van der Waals surface area contributed by atoms with Crippen LogP contribution in [0.2, 0.25) is 0 Å². The van der Waals surface area contributed by atoms with Gasteiger partial charge in [-0.3, -0.25) is 0 Å². The lowest BCUT2D eigenvalue weighted by Gasteiger charge is -2.23. The number of hydrogen-bond acceptors (Lipinski definition) is 3. The van der Waals surface area contributed by atoms with Crippen LogP contribution in [-0.4, -0.2) is 21.3 Å². The molecule has 0 amide bonds. The number of nitrogens with zero attached hydrogens (tertiary/aromatic N) is 3. The molecule has 0 bridgehead atoms. The van der Waals surface area contributed by atoms with E-state index in [9.17, 15) is 0 Å². The first-order valence-electron chi connectivity index (χ1n) is 6.34. The fraction of sp³-hybridized carbons (Fsp3) is 0.833. The quantitative estimate of drug-likeness (QED) is 0.843. The number of fused-ring (bicyclic) bond motifs is 1. The Labute approximate surface area is 97.2 Å². The van der Waals surface area contributed by atoms with Gasteiger partial charge in [0.15, 0.2) is 0 Å². The summed E-state index contributed by atoms with van der Waals surface area (Å²) in [5.41, 5.74) is 5.65. The first-order chi connectivity index (χ1) is 7.72. The van der Waals surface area contributed by atoms with Gasteiger partial charge in [-0.2, -0.15) is 0 Å². The SMILES string of the molecule is CC(C)Cc1nnc2n1CCCC2CCN. The molecule has 2 rings (SSSR count). The molecule has 1 aliphatic rings. The topological polar surface area (TPSA) is 56.7 Å². The largest absolute Gasteiger partial charge is 0.330 e. The summed E-state index contributed by atoms with van der Waals surface area (Å²) < 4.78 is 2.32. The molecule has 1 aromatic heterocycles. The lowest BCUT2D eigenvalue weighted by molar-refractivity contribution is 0.416. The number of hydrogen-bond donors (Lipinski definition) is 1. The van der Waals surface area contributed by atoms with Crippen molar-refractivity contribution in [3.05, 3.63) is 11.6 Å². The first kappa shape index (κ1) is 11.6. The fourth-order valence-electron chi connectivity index (χ4n) is 2.51. The van der Waals surface area contributed by atoms with E-state index in [1.807, 2.05) is 0 Å². The van der Waals surface area contributed by atoms with Gasteiger partial charge in [0.2, 0.25) is 0 Å². The van der Waals surface area contributed by atoms with Gasteiger partial charge >= 0.3 is 0 Å². The zero-order chi connectivity index (χ0) is 11.5. The molecule has 1 atom stereocenters. The Balaban J connectivity index is 2.20. The van der Waals surface area contributed by atoms with Crippen LogP contribution in [0.4, 0.5) is 0 Å². The maximum Gasteiger partial charge on any atom is 0.136 e. The molecule has 0 saturated carbocycles. The van der Waals surface area contributed by atoms with Crippen molar-refractivity contribution in [2.75, 3.05) is 6.54 Å². The van der Waals surface area contributed by atoms with Gasteiger partial charge < -0.3 is 10.3 Å². The molecule has 1 aromatic rings. The molecule has 0 fully saturated rings. The normalized spacial score (nSPS) is 20.1. The van der Waals surface area contributed by atoms with E-state index < -0.39 is 0 Å². The molecule has 1 unspecified atom stereocenters. The Hall–Kier alpha value is -0.900. The van der Waals surface area contributed by atoms with Crippen molar-refractivity contribution in [3.8, 4) is 0 Å². The van der Waals surface area contributed by atoms with Crippen LogP contribution < -0.4 is 5.73 Å². The first-order valence-corrected chi connectivity index (χ1v) is 6.34. The second kappa shape index (κ2) is 4.95. The van der Waals surface area contributed by atoms with E-state index in [1.54, 1.807) is 0 Å². The third-order valence-corrected chi connectivity index (χ3v) is 3.26. The standard InChI is InChI=1S/C12H22N4/c1-9(2)8-11-14-15-12-10(5-6-13)4-3-7-16(11)12/h9-10H,3-8,13H2,1-2H3. The number of nitrogens with two attached hydrogens (primary N) is 1. The van der Waals surface area contributed by atoms with E-state index in [2.05, 4.69) is 28.6 Å². The van der Waals surface area contributed by atoms with Gasteiger partial charge in [-0.25, -0.2) is 0 Å². The Morgan fingerprint density at radius 3 is 2.94 bits per heavy atom. The fourth-order valence-corrected chi connectivity index (χ4v) is 2.51. The second-order valence-corrected chi connectivity index (χ2v) is 5.14. The third kappa shape index (κ3) is 2.26. The van der Waals surface area contributed by atoms with Crippen LogP contribution in [0.5, 0.6) is 0 Å². The molecule has 0 aromatic carbocycles. The highest BCUT2D eigenvalue weighted by Crippen LogP contribution is 2.29. The second-order valence-electron chi connectivity index (χ2n) is 5.14. The van der Waals surface area contributed by atoms with E-state index in [1.165, 1.54) is 18.7 Å². The molecule has 4 nitrogen and oxygen atoms in total. The Kier molecular flexibility index (Phi) is 3.59. The van der Waals surface area contributed by atoms with Crippen molar-refractivity contribution in [1.29, 1.82) is 0 Å². The molecule has 4 heteroatoms. The number of aromatic nitrogens is 3. The van der Waals surface area contributed by atoms with Gasteiger partial charge in [0, 0.05) is 18.9 Å². The van der Waals surface area contributed by atoms with Crippen molar-refractivity contribution in [3.63, 3.8) is 0 Å². The van der Waals surface area contributed by atoms with Gasteiger partial charge in [0.25, 0.3) is 0 Å². The smallest absolute Gasteiger partial charge is 0.136 e. The summed E-state index contributed by atoms with van der Waals surface area (Å²) in [6, 6.07) is 0. The maximum absolute atomic E-state index is 5.65. The Bertz CT molecular complexity index is 343. The van der Waals surface area contributed by atoms with Crippen LogP contribution in [0.1, 0.15) is 50.7 Å². The van der Waals surface area contributed by atoms with Crippen LogP contribution in [0, 0.1) is 5.92 Å². The molecule has 90 valence electrons. The zero-order valence-electron chi connectivity index (χ0n) is 10.3. The monoisotopic (exact) mass is 222 g/mol. The van der Waals surface area contributed by atoms with Gasteiger partial charge in [-0.15, -0.1) is 10.2 Å². The average molecular weight is 222 g/mol. The minimum atomic E-state index is 0.534. The molecule has 0 aliphatic carbocycles. The van der Waals surface area contributed by atoms with Crippen LogP contribution in [0.3, 0.4) is 0 Å². The van der Waals surface area contributed by atoms with E-state index in [-0.39, 0.29) is 0 Å². The van der Waals surface area contributed by atoms with Crippen LogP contribution in [0.25, 0.3) is 0 Å². The van der Waals surface area contributed by atoms with Gasteiger partial charge in [-0.05, 0) is 31.7 Å². The predicted octanol–water partition coefficient (Wildman–Crippen LogP) is 1.70. The Morgan fingerprint density at radius 2 is 2.25 bits per heavy atom. The third-order valence-electron chi connectivity index (χ3n) is 3.26. The van der Waals surface area contributed by atoms with E-state index in [0.717, 1.165) is 31.8 Å². The summed E-state index contributed by atoms with van der Waals surface area (Å²) in [7, 11) is 0. The van der Waals surface area contributed by atoms with Gasteiger partial charge in [-0.1, -0.05) is 13.8 Å². The molecular formula is C12H22N4. The number of rotatable bonds is 4. The molecule has 0 radical (unpaired) electrons. The zero-order valence-corrected chi connectivity index (χ0v) is 10.3. The van der Waals surface area contributed by atoms with Crippen molar-refractivity contribution in [1.82, 2.24) is 14.8 Å². The Morgan fingerprint density at radius 1 is 1.44 bits per heavy atom. The summed E-state index contributed by atoms with van der Waals surface area (Å²) in [5, 5.41) is 8.71. The van der Waals surface area contributed by atoms with Crippen LogP contribution in [-0.2, 0) is 13.0 Å². The predicted molar refractivity (Wildman–Crippen MR) is 64.2 cm³/mol. The molecule has 0 saturated heterocycles. The van der Waals surface area contributed by atoms with Gasteiger partial charge in [0.1, 0.15) is 11.6 Å². The van der Waals surface area contributed by atoms with E-state index in [4.69, 9.17) is 5.73 Å². The minimum Gasteiger partial charge on any atom is -0.330 e. The van der Waals surface area contributed by atoms with Crippen molar-refractivity contribution in [2.45, 2.75) is 52.0 Å². The summed E-state index contributed by atoms with van der Waals surface area (Å²) in [6.07, 6.45) is 4.53. The molecule has 2 heterocycles. The summed E-state index contributed by atoms with van der Waals surface area (Å²) in [5.74, 6) is 3.51. The molecular weight excluding hydrogens is 200 g/mol. The highest BCUT2D eigenvalue weighted by molar-refractivity contribution is 5.05. The maximum atomic E-state index is 5.65. The van der Waals surface area contributed by atoms with Crippen molar-refractivity contribution >= 4 is 0 Å².